The Morgan fingerprint density at radius 3 is 2.56 bits per heavy atom. The van der Waals surface area contributed by atoms with Crippen molar-refractivity contribution in [3.63, 3.8) is 0 Å². The summed E-state index contributed by atoms with van der Waals surface area (Å²) in [5.41, 5.74) is 0.872. The quantitative estimate of drug-likeness (QED) is 0.628. The molecule has 0 aromatic heterocycles. The van der Waals surface area contributed by atoms with E-state index in [-0.39, 0.29) is 11.3 Å². The van der Waals surface area contributed by atoms with E-state index in [0.717, 1.165) is 5.70 Å². The van der Waals surface area contributed by atoms with Gasteiger partial charge in [0.15, 0.2) is 5.78 Å². The van der Waals surface area contributed by atoms with E-state index < -0.39 is 5.82 Å². The lowest BCUT2D eigenvalue weighted by atomic mass is 10.1. The highest BCUT2D eigenvalue weighted by Crippen LogP contribution is 2.16. The van der Waals surface area contributed by atoms with Crippen LogP contribution in [0.5, 0.6) is 0 Å². The van der Waals surface area contributed by atoms with Crippen molar-refractivity contribution in [2.75, 3.05) is 14.1 Å². The highest BCUT2D eigenvalue weighted by Gasteiger charge is 2.10. The maximum absolute atomic E-state index is 13.5. The SMILES string of the molecule is CC(=CC(=O)c1ccc(Br)cc1F)N(C)C. The molecule has 0 saturated heterocycles. The van der Waals surface area contributed by atoms with Crippen LogP contribution in [0.3, 0.4) is 0 Å². The number of hydrogen-bond donors (Lipinski definition) is 0. The van der Waals surface area contributed by atoms with E-state index in [2.05, 4.69) is 15.9 Å². The first-order chi connectivity index (χ1) is 7.41. The second-order valence-corrected chi connectivity index (χ2v) is 4.58. The second kappa shape index (κ2) is 5.25. The molecule has 1 rings (SSSR count). The Morgan fingerprint density at radius 2 is 2.06 bits per heavy atom. The smallest absolute Gasteiger partial charge is 0.190 e. The molecular weight excluding hydrogens is 273 g/mol. The number of ketones is 1. The first kappa shape index (κ1) is 12.9. The molecule has 0 aliphatic heterocycles. The highest BCUT2D eigenvalue weighted by molar-refractivity contribution is 9.10. The van der Waals surface area contributed by atoms with Crippen molar-refractivity contribution in [3.8, 4) is 0 Å². The van der Waals surface area contributed by atoms with Gasteiger partial charge in [-0.2, -0.15) is 0 Å². The number of carbonyl (C=O) groups is 1. The van der Waals surface area contributed by atoms with Crippen molar-refractivity contribution in [3.05, 3.63) is 45.8 Å². The van der Waals surface area contributed by atoms with E-state index in [4.69, 9.17) is 0 Å². The van der Waals surface area contributed by atoms with E-state index in [1.165, 1.54) is 18.2 Å². The number of hydrogen-bond acceptors (Lipinski definition) is 2. The molecule has 0 amide bonds. The molecule has 0 unspecified atom stereocenters. The maximum Gasteiger partial charge on any atom is 0.190 e. The number of carbonyl (C=O) groups excluding carboxylic acids is 1. The Morgan fingerprint density at radius 1 is 1.44 bits per heavy atom. The third-order valence-electron chi connectivity index (χ3n) is 2.24. The minimum atomic E-state index is -0.512. The van der Waals surface area contributed by atoms with Crippen LogP contribution in [0.15, 0.2) is 34.4 Å². The monoisotopic (exact) mass is 285 g/mol. The second-order valence-electron chi connectivity index (χ2n) is 3.67. The van der Waals surface area contributed by atoms with Gasteiger partial charge in [0.05, 0.1) is 5.56 Å². The standard InChI is InChI=1S/C12H13BrFNO/c1-8(15(2)3)6-12(16)10-5-4-9(13)7-11(10)14/h4-7H,1-3H3. The molecule has 1 aromatic rings. The van der Waals surface area contributed by atoms with Gasteiger partial charge in [0, 0.05) is 30.3 Å². The van der Waals surface area contributed by atoms with Crippen LogP contribution in [0.2, 0.25) is 0 Å². The van der Waals surface area contributed by atoms with Crippen molar-refractivity contribution in [1.82, 2.24) is 4.90 Å². The van der Waals surface area contributed by atoms with Crippen LogP contribution in [0, 0.1) is 5.82 Å². The topological polar surface area (TPSA) is 20.3 Å². The Hall–Kier alpha value is -1.16. The summed E-state index contributed by atoms with van der Waals surface area (Å²) in [4.78, 5) is 13.5. The Bertz CT molecular complexity index is 441. The molecule has 86 valence electrons. The molecule has 0 atom stereocenters. The molecule has 0 heterocycles. The Kier molecular flexibility index (Phi) is 4.24. The largest absolute Gasteiger partial charge is 0.381 e. The lowest BCUT2D eigenvalue weighted by Crippen LogP contribution is -2.10. The summed E-state index contributed by atoms with van der Waals surface area (Å²) in [7, 11) is 3.66. The summed E-state index contributed by atoms with van der Waals surface area (Å²) in [5.74, 6) is -0.835. The molecule has 16 heavy (non-hydrogen) atoms. The lowest BCUT2D eigenvalue weighted by Gasteiger charge is -2.11. The average Bonchev–Trinajstić information content (AvgIpc) is 2.16. The predicted octanol–water partition coefficient (Wildman–Crippen LogP) is 3.24. The van der Waals surface area contributed by atoms with Crippen LogP contribution in [-0.4, -0.2) is 24.8 Å². The number of benzene rings is 1. The van der Waals surface area contributed by atoms with Crippen LogP contribution in [0.1, 0.15) is 17.3 Å². The normalized spacial score (nSPS) is 11.4. The molecule has 2 nitrogen and oxygen atoms in total. The summed E-state index contributed by atoms with van der Waals surface area (Å²) >= 11 is 3.14. The molecule has 0 radical (unpaired) electrons. The third kappa shape index (κ3) is 3.17. The fourth-order valence-electron chi connectivity index (χ4n) is 1.09. The summed E-state index contributed by atoms with van der Waals surface area (Å²) in [6.07, 6.45) is 1.42. The van der Waals surface area contributed by atoms with Crippen LogP contribution in [0.25, 0.3) is 0 Å². The first-order valence-corrected chi connectivity index (χ1v) is 5.56. The van der Waals surface area contributed by atoms with Crippen molar-refractivity contribution in [2.24, 2.45) is 0 Å². The zero-order valence-electron chi connectivity index (χ0n) is 9.42. The third-order valence-corrected chi connectivity index (χ3v) is 2.74. The van der Waals surface area contributed by atoms with Gasteiger partial charge in [0.25, 0.3) is 0 Å². The minimum absolute atomic E-state index is 0.0874. The van der Waals surface area contributed by atoms with Gasteiger partial charge in [0.1, 0.15) is 5.82 Å². The fourth-order valence-corrected chi connectivity index (χ4v) is 1.42. The van der Waals surface area contributed by atoms with Crippen LogP contribution in [-0.2, 0) is 0 Å². The van der Waals surface area contributed by atoms with Crippen molar-refractivity contribution in [2.45, 2.75) is 6.92 Å². The van der Waals surface area contributed by atoms with E-state index in [0.29, 0.717) is 4.47 Å². The number of halogens is 2. The molecule has 0 bridgehead atoms. The van der Waals surface area contributed by atoms with E-state index in [9.17, 15) is 9.18 Å². The molecule has 0 N–H and O–H groups in total. The van der Waals surface area contributed by atoms with Gasteiger partial charge in [0.2, 0.25) is 0 Å². The molecule has 4 heteroatoms. The van der Waals surface area contributed by atoms with Crippen molar-refractivity contribution in [1.29, 1.82) is 0 Å². The lowest BCUT2D eigenvalue weighted by molar-refractivity contribution is 0.104. The van der Waals surface area contributed by atoms with Crippen LogP contribution in [0.4, 0.5) is 4.39 Å². The molecule has 0 saturated carbocycles. The van der Waals surface area contributed by atoms with Crippen LogP contribution < -0.4 is 0 Å². The summed E-state index contributed by atoms with van der Waals surface area (Å²) in [5, 5.41) is 0. The number of rotatable bonds is 3. The summed E-state index contributed by atoms with van der Waals surface area (Å²) < 4.78 is 14.1. The Balaban J connectivity index is 3.02. The number of allylic oxidation sites excluding steroid dienone is 2. The molecule has 0 aliphatic rings. The van der Waals surface area contributed by atoms with Gasteiger partial charge in [-0.25, -0.2) is 4.39 Å². The van der Waals surface area contributed by atoms with Crippen molar-refractivity contribution >= 4 is 21.7 Å². The zero-order chi connectivity index (χ0) is 12.3. The van der Waals surface area contributed by atoms with Gasteiger partial charge in [-0.1, -0.05) is 15.9 Å². The molecular formula is C12H13BrFNO. The van der Waals surface area contributed by atoms with Gasteiger partial charge < -0.3 is 4.90 Å². The summed E-state index contributed by atoms with van der Waals surface area (Å²) in [6, 6.07) is 4.41. The van der Waals surface area contributed by atoms with Crippen molar-refractivity contribution < 1.29 is 9.18 Å². The molecule has 0 fully saturated rings. The Labute approximate surface area is 103 Å². The molecule has 1 aromatic carbocycles. The average molecular weight is 286 g/mol. The predicted molar refractivity (Wildman–Crippen MR) is 65.9 cm³/mol. The fraction of sp³-hybridized carbons (Fsp3) is 0.250. The van der Waals surface area contributed by atoms with Gasteiger partial charge >= 0.3 is 0 Å². The minimum Gasteiger partial charge on any atom is -0.381 e. The highest BCUT2D eigenvalue weighted by atomic mass is 79.9. The summed E-state index contributed by atoms with van der Waals surface area (Å²) in [6.45, 7) is 1.80. The first-order valence-electron chi connectivity index (χ1n) is 4.77. The molecule has 0 spiro atoms. The van der Waals surface area contributed by atoms with Gasteiger partial charge in [-0.15, -0.1) is 0 Å². The van der Waals surface area contributed by atoms with Crippen LogP contribution >= 0.6 is 15.9 Å². The number of nitrogens with zero attached hydrogens (tertiary/aromatic N) is 1. The van der Waals surface area contributed by atoms with Gasteiger partial charge in [-0.3, -0.25) is 4.79 Å². The van der Waals surface area contributed by atoms with E-state index in [1.54, 1.807) is 17.9 Å². The maximum atomic E-state index is 13.5. The van der Waals surface area contributed by atoms with E-state index >= 15 is 0 Å². The molecule has 0 aliphatic carbocycles. The van der Waals surface area contributed by atoms with E-state index in [1.807, 2.05) is 14.1 Å². The zero-order valence-corrected chi connectivity index (χ0v) is 11.0. The van der Waals surface area contributed by atoms with Gasteiger partial charge in [-0.05, 0) is 25.1 Å².